The van der Waals surface area contributed by atoms with Gasteiger partial charge in [0.1, 0.15) is 11.9 Å². The lowest BCUT2D eigenvalue weighted by molar-refractivity contribution is 0.0915. The number of hydrogen-bond donors (Lipinski definition) is 1. The van der Waals surface area contributed by atoms with Gasteiger partial charge >= 0.3 is 6.09 Å². The average molecular weight is 340 g/mol. The molecule has 0 radical (unpaired) electrons. The molecule has 1 fully saturated rings. The van der Waals surface area contributed by atoms with E-state index in [1.54, 1.807) is 19.2 Å². The third kappa shape index (κ3) is 3.74. The van der Waals surface area contributed by atoms with Crippen molar-refractivity contribution < 1.29 is 19.1 Å². The van der Waals surface area contributed by atoms with Crippen LogP contribution >= 0.6 is 0 Å². The highest BCUT2D eigenvalue weighted by Crippen LogP contribution is 2.25. The van der Waals surface area contributed by atoms with Crippen LogP contribution in [0.4, 0.5) is 10.5 Å². The van der Waals surface area contributed by atoms with E-state index in [1.807, 2.05) is 43.3 Å². The number of carbonyl (C=O) groups excluding carboxylic acids is 2. The van der Waals surface area contributed by atoms with Crippen LogP contribution in [-0.4, -0.2) is 38.3 Å². The number of nitrogens with one attached hydrogen (secondary N) is 1. The molecule has 1 aliphatic rings. The number of rotatable bonds is 5. The molecule has 2 aromatic carbocycles. The topological polar surface area (TPSA) is 67.9 Å². The van der Waals surface area contributed by atoms with Crippen molar-refractivity contribution >= 4 is 17.7 Å². The number of benzene rings is 2. The van der Waals surface area contributed by atoms with Gasteiger partial charge in [0.25, 0.3) is 5.91 Å². The minimum absolute atomic E-state index is 0.172. The summed E-state index contributed by atoms with van der Waals surface area (Å²) in [5, 5.41) is 2.83. The van der Waals surface area contributed by atoms with Crippen LogP contribution in [0.5, 0.6) is 5.75 Å². The Balaban J connectivity index is 1.61. The first-order valence-electron chi connectivity index (χ1n) is 8.04. The summed E-state index contributed by atoms with van der Waals surface area (Å²) in [6.45, 7) is 2.52. The van der Waals surface area contributed by atoms with E-state index in [4.69, 9.17) is 9.47 Å². The molecule has 1 atom stereocenters. The Hall–Kier alpha value is -3.02. The molecular weight excluding hydrogens is 320 g/mol. The summed E-state index contributed by atoms with van der Waals surface area (Å²) in [7, 11) is 1.57. The highest BCUT2D eigenvalue weighted by Gasteiger charge is 2.32. The smallest absolute Gasteiger partial charge is 0.414 e. The Kier molecular flexibility index (Phi) is 4.88. The van der Waals surface area contributed by atoms with Gasteiger partial charge in [0.05, 0.1) is 25.9 Å². The minimum Gasteiger partial charge on any atom is -0.497 e. The van der Waals surface area contributed by atoms with Crippen molar-refractivity contribution in [2.24, 2.45) is 0 Å². The lowest BCUT2D eigenvalue weighted by Crippen LogP contribution is -2.34. The maximum atomic E-state index is 12.3. The van der Waals surface area contributed by atoms with E-state index in [1.165, 1.54) is 4.90 Å². The summed E-state index contributed by atoms with van der Waals surface area (Å²) in [6.07, 6.45) is -0.824. The molecule has 25 heavy (non-hydrogen) atoms. The number of amides is 2. The molecule has 0 spiro atoms. The Labute approximate surface area is 146 Å². The van der Waals surface area contributed by atoms with Crippen LogP contribution in [0.2, 0.25) is 0 Å². The van der Waals surface area contributed by atoms with E-state index in [0.29, 0.717) is 23.5 Å². The second-order valence-corrected chi connectivity index (χ2v) is 5.84. The summed E-state index contributed by atoms with van der Waals surface area (Å²) in [4.78, 5) is 25.9. The number of cyclic esters (lactones) is 1. The van der Waals surface area contributed by atoms with Gasteiger partial charge in [-0.1, -0.05) is 24.3 Å². The molecule has 0 bridgehead atoms. The van der Waals surface area contributed by atoms with Gasteiger partial charge in [-0.25, -0.2) is 4.79 Å². The summed E-state index contributed by atoms with van der Waals surface area (Å²) in [6, 6.07) is 14.6. The number of hydrogen-bond acceptors (Lipinski definition) is 4. The van der Waals surface area contributed by atoms with E-state index >= 15 is 0 Å². The maximum absolute atomic E-state index is 12.3. The predicted octanol–water partition coefficient (Wildman–Crippen LogP) is 2.76. The second-order valence-electron chi connectivity index (χ2n) is 5.84. The highest BCUT2D eigenvalue weighted by molar-refractivity contribution is 5.95. The Morgan fingerprint density at radius 3 is 2.84 bits per heavy atom. The molecule has 0 aromatic heterocycles. The molecule has 6 heteroatoms. The number of anilines is 1. The molecule has 0 aliphatic carbocycles. The Morgan fingerprint density at radius 2 is 2.08 bits per heavy atom. The van der Waals surface area contributed by atoms with Crippen LogP contribution < -0.4 is 15.0 Å². The van der Waals surface area contributed by atoms with Gasteiger partial charge in [-0.3, -0.25) is 9.69 Å². The lowest BCUT2D eigenvalue weighted by Gasteiger charge is -2.14. The summed E-state index contributed by atoms with van der Waals surface area (Å²) in [5.41, 5.74) is 2.23. The maximum Gasteiger partial charge on any atom is 0.414 e. The van der Waals surface area contributed by atoms with Crippen molar-refractivity contribution in [3.63, 3.8) is 0 Å². The van der Waals surface area contributed by atoms with Gasteiger partial charge in [-0.05, 0) is 30.7 Å². The van der Waals surface area contributed by atoms with E-state index < -0.39 is 12.2 Å². The quantitative estimate of drug-likeness (QED) is 0.909. The van der Waals surface area contributed by atoms with Crippen LogP contribution in [0.15, 0.2) is 48.5 Å². The van der Waals surface area contributed by atoms with Crippen LogP contribution in [0.25, 0.3) is 0 Å². The fraction of sp³-hybridized carbons (Fsp3) is 0.263. The van der Waals surface area contributed by atoms with Crippen LogP contribution in [0, 0.1) is 6.92 Å². The Bertz CT molecular complexity index is 790. The Morgan fingerprint density at radius 1 is 1.28 bits per heavy atom. The van der Waals surface area contributed by atoms with Gasteiger partial charge in [0, 0.05) is 11.6 Å². The fourth-order valence-corrected chi connectivity index (χ4v) is 2.75. The van der Waals surface area contributed by atoms with E-state index in [-0.39, 0.29) is 12.5 Å². The number of methoxy groups -OCH3 is 1. The van der Waals surface area contributed by atoms with Crippen molar-refractivity contribution in [3.8, 4) is 5.75 Å². The first-order valence-corrected chi connectivity index (χ1v) is 8.04. The molecule has 1 N–H and O–H groups in total. The molecule has 6 nitrogen and oxygen atoms in total. The van der Waals surface area contributed by atoms with Crippen LogP contribution in [-0.2, 0) is 4.74 Å². The minimum atomic E-state index is -0.427. The molecule has 0 saturated carbocycles. The highest BCUT2D eigenvalue weighted by atomic mass is 16.6. The molecule has 2 amide bonds. The van der Waals surface area contributed by atoms with Crippen LogP contribution in [0.1, 0.15) is 15.9 Å². The molecule has 1 unspecified atom stereocenters. The van der Waals surface area contributed by atoms with Crippen molar-refractivity contribution in [2.45, 2.75) is 13.0 Å². The normalized spacial score (nSPS) is 16.5. The third-order valence-electron chi connectivity index (χ3n) is 4.12. The SMILES string of the molecule is COc1cccc(N2CC(CNC(=O)c3ccccc3C)OC2=O)c1. The zero-order chi connectivity index (χ0) is 17.8. The van der Waals surface area contributed by atoms with Crippen LogP contribution in [0.3, 0.4) is 0 Å². The molecule has 2 aromatic rings. The van der Waals surface area contributed by atoms with E-state index in [9.17, 15) is 9.59 Å². The largest absolute Gasteiger partial charge is 0.497 e. The summed E-state index contributed by atoms with van der Waals surface area (Å²) >= 11 is 0. The van der Waals surface area contributed by atoms with Gasteiger partial charge < -0.3 is 14.8 Å². The summed E-state index contributed by atoms with van der Waals surface area (Å²) < 4.78 is 10.5. The molecular formula is C19H20N2O4. The molecule has 130 valence electrons. The predicted molar refractivity (Wildman–Crippen MR) is 94.1 cm³/mol. The van der Waals surface area contributed by atoms with Crippen molar-refractivity contribution in [1.29, 1.82) is 0 Å². The van der Waals surface area contributed by atoms with E-state index in [2.05, 4.69) is 5.32 Å². The zero-order valence-electron chi connectivity index (χ0n) is 14.2. The average Bonchev–Trinajstić information content (AvgIpc) is 3.01. The molecule has 1 aliphatic heterocycles. The van der Waals surface area contributed by atoms with Gasteiger partial charge in [0.2, 0.25) is 0 Å². The van der Waals surface area contributed by atoms with Crippen molar-refractivity contribution in [1.82, 2.24) is 5.32 Å². The standard InChI is InChI=1S/C19H20N2O4/c1-13-6-3-4-9-17(13)18(22)20-11-16-12-21(19(23)25-16)14-7-5-8-15(10-14)24-2/h3-10,16H,11-12H2,1-2H3,(H,20,22). The first-order chi connectivity index (χ1) is 12.1. The number of aryl methyl sites for hydroxylation is 1. The monoisotopic (exact) mass is 340 g/mol. The van der Waals surface area contributed by atoms with Gasteiger partial charge in [-0.15, -0.1) is 0 Å². The summed E-state index contributed by atoms with van der Waals surface area (Å²) in [5.74, 6) is 0.496. The van der Waals surface area contributed by atoms with Crippen molar-refractivity contribution in [2.75, 3.05) is 25.1 Å². The second kappa shape index (κ2) is 7.25. The number of nitrogens with zero attached hydrogens (tertiary/aromatic N) is 1. The van der Waals surface area contributed by atoms with Gasteiger partial charge in [0.15, 0.2) is 0 Å². The molecule has 3 rings (SSSR count). The fourth-order valence-electron chi connectivity index (χ4n) is 2.75. The molecule has 1 heterocycles. The molecule has 1 saturated heterocycles. The lowest BCUT2D eigenvalue weighted by atomic mass is 10.1. The third-order valence-corrected chi connectivity index (χ3v) is 4.12. The first kappa shape index (κ1) is 16.8. The van der Waals surface area contributed by atoms with Crippen molar-refractivity contribution in [3.05, 3.63) is 59.7 Å². The zero-order valence-corrected chi connectivity index (χ0v) is 14.2. The van der Waals surface area contributed by atoms with Gasteiger partial charge in [-0.2, -0.15) is 0 Å². The number of carbonyl (C=O) groups is 2. The van der Waals surface area contributed by atoms with E-state index in [0.717, 1.165) is 5.56 Å². The number of ether oxygens (including phenoxy) is 2.